The fourth-order valence-electron chi connectivity index (χ4n) is 1.64. The smallest absolute Gasteiger partial charge is 0.325 e. The van der Waals surface area contributed by atoms with Gasteiger partial charge in [-0.05, 0) is 12.8 Å². The Bertz CT molecular complexity index is 215. The number of hydrogen-bond acceptors (Lipinski definition) is 3. The number of rotatable bonds is 3. The summed E-state index contributed by atoms with van der Waals surface area (Å²) in [4.78, 5) is 23.9. The van der Waals surface area contributed by atoms with Crippen LogP contribution in [0.3, 0.4) is 0 Å². The van der Waals surface area contributed by atoms with Crippen LogP contribution in [0.4, 0.5) is 0 Å². The fraction of sp³-hybridized carbons (Fsp3) is 0.778. The van der Waals surface area contributed by atoms with E-state index in [-0.39, 0.29) is 24.5 Å². The first kappa shape index (κ1) is 10.0. The molecule has 0 unspecified atom stereocenters. The predicted octanol–water partition coefficient (Wildman–Crippen LogP) is 0.560. The largest absolute Gasteiger partial charge is 0.468 e. The summed E-state index contributed by atoms with van der Waals surface area (Å²) in [7, 11) is 1.34. The topological polar surface area (TPSA) is 46.6 Å². The van der Waals surface area contributed by atoms with E-state index in [1.807, 2.05) is 6.92 Å². The van der Waals surface area contributed by atoms with Crippen LogP contribution in [-0.2, 0) is 14.3 Å². The maximum atomic E-state index is 11.3. The molecule has 1 atom stereocenters. The average Bonchev–Trinajstić information content (AvgIpc) is 2.48. The highest BCUT2D eigenvalue weighted by molar-refractivity contribution is 5.83. The van der Waals surface area contributed by atoms with Crippen molar-refractivity contribution in [3.63, 3.8) is 0 Å². The van der Waals surface area contributed by atoms with Crippen molar-refractivity contribution in [2.45, 2.75) is 32.2 Å². The highest BCUT2D eigenvalue weighted by atomic mass is 16.5. The Morgan fingerprint density at radius 3 is 2.92 bits per heavy atom. The van der Waals surface area contributed by atoms with E-state index in [4.69, 9.17) is 0 Å². The van der Waals surface area contributed by atoms with Gasteiger partial charge in [0.05, 0.1) is 7.11 Å². The zero-order chi connectivity index (χ0) is 9.84. The third-order valence-electron chi connectivity index (χ3n) is 2.45. The average molecular weight is 185 g/mol. The van der Waals surface area contributed by atoms with Gasteiger partial charge in [0.15, 0.2) is 0 Å². The van der Waals surface area contributed by atoms with Crippen molar-refractivity contribution in [3.8, 4) is 0 Å². The normalized spacial score (nSPS) is 22.2. The summed E-state index contributed by atoms with van der Waals surface area (Å²) in [5.74, 6) is -0.272. The standard InChI is InChI=1S/C9H15NO3/c1-3-7-4-5-8(11)10(7)6-9(12)13-2/h7H,3-6H2,1-2H3/t7-/m1/s1. The molecule has 0 aromatic heterocycles. The molecule has 0 aliphatic carbocycles. The van der Waals surface area contributed by atoms with Crippen LogP contribution in [0.15, 0.2) is 0 Å². The molecule has 1 saturated heterocycles. The molecule has 0 radical (unpaired) electrons. The summed E-state index contributed by atoms with van der Waals surface area (Å²) in [6.45, 7) is 2.13. The summed E-state index contributed by atoms with van der Waals surface area (Å²) in [5.41, 5.74) is 0. The highest BCUT2D eigenvalue weighted by Gasteiger charge is 2.30. The van der Waals surface area contributed by atoms with Crippen LogP contribution >= 0.6 is 0 Å². The number of methoxy groups -OCH3 is 1. The van der Waals surface area contributed by atoms with Gasteiger partial charge in [0, 0.05) is 12.5 Å². The lowest BCUT2D eigenvalue weighted by atomic mass is 10.2. The van der Waals surface area contributed by atoms with Crippen molar-refractivity contribution < 1.29 is 14.3 Å². The fourth-order valence-corrected chi connectivity index (χ4v) is 1.64. The van der Waals surface area contributed by atoms with E-state index < -0.39 is 0 Å². The van der Waals surface area contributed by atoms with Gasteiger partial charge in [-0.1, -0.05) is 6.92 Å². The minimum Gasteiger partial charge on any atom is -0.468 e. The number of ether oxygens (including phenoxy) is 1. The number of likely N-dealkylation sites (tertiary alicyclic amines) is 1. The number of esters is 1. The van der Waals surface area contributed by atoms with E-state index in [9.17, 15) is 9.59 Å². The number of carbonyl (C=O) groups is 2. The van der Waals surface area contributed by atoms with Crippen LogP contribution < -0.4 is 0 Å². The molecule has 0 N–H and O–H groups in total. The zero-order valence-corrected chi connectivity index (χ0v) is 8.08. The number of carbonyl (C=O) groups excluding carboxylic acids is 2. The van der Waals surface area contributed by atoms with Crippen molar-refractivity contribution in [2.75, 3.05) is 13.7 Å². The van der Waals surface area contributed by atoms with E-state index >= 15 is 0 Å². The van der Waals surface area contributed by atoms with Gasteiger partial charge in [0.1, 0.15) is 6.54 Å². The second-order valence-corrected chi connectivity index (χ2v) is 3.20. The van der Waals surface area contributed by atoms with Crippen molar-refractivity contribution in [3.05, 3.63) is 0 Å². The first-order valence-electron chi connectivity index (χ1n) is 4.55. The second kappa shape index (κ2) is 4.25. The van der Waals surface area contributed by atoms with Crippen LogP contribution in [0.1, 0.15) is 26.2 Å². The Morgan fingerprint density at radius 1 is 1.69 bits per heavy atom. The van der Waals surface area contributed by atoms with Crippen LogP contribution in [0.25, 0.3) is 0 Å². The van der Waals surface area contributed by atoms with E-state index in [1.165, 1.54) is 7.11 Å². The molecule has 0 saturated carbocycles. The molecule has 1 aliphatic rings. The molecule has 1 aliphatic heterocycles. The van der Waals surface area contributed by atoms with Gasteiger partial charge in [-0.2, -0.15) is 0 Å². The maximum absolute atomic E-state index is 11.3. The Balaban J connectivity index is 2.54. The lowest BCUT2D eigenvalue weighted by molar-refractivity contribution is -0.146. The summed E-state index contributed by atoms with van der Waals surface area (Å²) >= 11 is 0. The van der Waals surface area contributed by atoms with Crippen molar-refractivity contribution >= 4 is 11.9 Å². The van der Waals surface area contributed by atoms with Crippen LogP contribution in [-0.4, -0.2) is 36.5 Å². The summed E-state index contributed by atoms with van der Waals surface area (Å²) in [5, 5.41) is 0. The van der Waals surface area contributed by atoms with E-state index in [2.05, 4.69) is 4.74 Å². The lowest BCUT2D eigenvalue weighted by Gasteiger charge is -2.21. The molecule has 1 rings (SSSR count). The van der Waals surface area contributed by atoms with E-state index in [0.29, 0.717) is 6.42 Å². The van der Waals surface area contributed by atoms with Crippen molar-refractivity contribution in [1.82, 2.24) is 4.90 Å². The molecule has 4 nitrogen and oxygen atoms in total. The van der Waals surface area contributed by atoms with Gasteiger partial charge in [0.25, 0.3) is 0 Å². The molecule has 0 aromatic carbocycles. The molecule has 74 valence electrons. The number of amides is 1. The van der Waals surface area contributed by atoms with Crippen molar-refractivity contribution in [2.24, 2.45) is 0 Å². The highest BCUT2D eigenvalue weighted by Crippen LogP contribution is 2.20. The lowest BCUT2D eigenvalue weighted by Crippen LogP contribution is -2.37. The number of nitrogens with zero attached hydrogens (tertiary/aromatic N) is 1. The second-order valence-electron chi connectivity index (χ2n) is 3.20. The zero-order valence-electron chi connectivity index (χ0n) is 8.08. The molecule has 1 amide bonds. The Kier molecular flexibility index (Phi) is 3.28. The quantitative estimate of drug-likeness (QED) is 0.603. The monoisotopic (exact) mass is 185 g/mol. The molecule has 1 heterocycles. The Labute approximate surface area is 77.8 Å². The molecule has 0 bridgehead atoms. The first-order valence-corrected chi connectivity index (χ1v) is 4.55. The Hall–Kier alpha value is -1.06. The minimum absolute atomic E-state index is 0.0669. The molecular formula is C9H15NO3. The minimum atomic E-state index is -0.339. The Morgan fingerprint density at radius 2 is 2.38 bits per heavy atom. The van der Waals surface area contributed by atoms with Gasteiger partial charge in [0.2, 0.25) is 5.91 Å². The summed E-state index contributed by atoms with van der Waals surface area (Å²) < 4.78 is 4.52. The molecule has 4 heteroatoms. The maximum Gasteiger partial charge on any atom is 0.325 e. The van der Waals surface area contributed by atoms with Crippen LogP contribution in [0.5, 0.6) is 0 Å². The molecule has 0 spiro atoms. The van der Waals surface area contributed by atoms with Crippen LogP contribution in [0.2, 0.25) is 0 Å². The van der Waals surface area contributed by atoms with Gasteiger partial charge in [-0.15, -0.1) is 0 Å². The van der Waals surface area contributed by atoms with Gasteiger partial charge >= 0.3 is 5.97 Å². The van der Waals surface area contributed by atoms with Gasteiger partial charge in [-0.3, -0.25) is 9.59 Å². The van der Waals surface area contributed by atoms with Gasteiger partial charge in [-0.25, -0.2) is 0 Å². The molecule has 1 fully saturated rings. The first-order chi connectivity index (χ1) is 6.19. The third kappa shape index (κ3) is 2.20. The third-order valence-corrected chi connectivity index (χ3v) is 2.45. The predicted molar refractivity (Wildman–Crippen MR) is 47.0 cm³/mol. The van der Waals surface area contributed by atoms with E-state index in [1.54, 1.807) is 4.90 Å². The molecule has 13 heavy (non-hydrogen) atoms. The van der Waals surface area contributed by atoms with Crippen molar-refractivity contribution in [1.29, 1.82) is 0 Å². The molecular weight excluding hydrogens is 170 g/mol. The molecule has 0 aromatic rings. The van der Waals surface area contributed by atoms with E-state index in [0.717, 1.165) is 12.8 Å². The van der Waals surface area contributed by atoms with Gasteiger partial charge < -0.3 is 9.64 Å². The summed E-state index contributed by atoms with van der Waals surface area (Å²) in [6.07, 6.45) is 2.34. The van der Waals surface area contributed by atoms with Crippen LogP contribution in [0, 0.1) is 0 Å². The summed E-state index contributed by atoms with van der Waals surface area (Å²) in [6, 6.07) is 0.228. The SMILES string of the molecule is CC[C@@H]1CCC(=O)N1CC(=O)OC. The number of hydrogen-bond donors (Lipinski definition) is 0.